The topological polar surface area (TPSA) is 50.4 Å². The number of aromatic hydroxyl groups is 1. The van der Waals surface area contributed by atoms with E-state index in [0.29, 0.717) is 15.7 Å². The second kappa shape index (κ2) is 6.75. The van der Waals surface area contributed by atoms with Crippen LogP contribution in [0.3, 0.4) is 0 Å². The van der Waals surface area contributed by atoms with Crippen LogP contribution in [0.1, 0.15) is 22.6 Å². The number of aryl methyl sites for hydroxylation is 1. The number of nitrogens with zero attached hydrogens (tertiary/aromatic N) is 3. The van der Waals surface area contributed by atoms with Crippen molar-refractivity contribution >= 4 is 23.2 Å². The second-order valence-electron chi connectivity index (χ2n) is 6.98. The summed E-state index contributed by atoms with van der Waals surface area (Å²) in [6, 6.07) is 11.3. The van der Waals surface area contributed by atoms with Crippen molar-refractivity contribution in [2.24, 2.45) is 7.05 Å². The Bertz CT molecular complexity index is 1090. The molecule has 0 saturated heterocycles. The van der Waals surface area contributed by atoms with E-state index in [1.807, 2.05) is 37.4 Å². The molecule has 1 N–H and O–H groups in total. The molecule has 0 aliphatic carbocycles. The highest BCUT2D eigenvalue weighted by Gasteiger charge is 2.29. The number of hydrogen-bond acceptors (Lipinski definition) is 3. The number of likely N-dealkylation sites (N-methyl/N-ethyl adjacent to an activating group) is 1. The van der Waals surface area contributed by atoms with Crippen LogP contribution in [0.5, 0.6) is 5.88 Å². The van der Waals surface area contributed by atoms with E-state index in [1.54, 1.807) is 13.1 Å². The first kappa shape index (κ1) is 18.2. The Morgan fingerprint density at radius 3 is 2.56 bits per heavy atom. The molecule has 7 heteroatoms. The first-order valence-corrected chi connectivity index (χ1v) is 9.35. The summed E-state index contributed by atoms with van der Waals surface area (Å²) in [6.07, 6.45) is 1.41. The molecule has 5 nitrogen and oxygen atoms in total. The third-order valence-electron chi connectivity index (χ3n) is 5.08. The Balaban J connectivity index is 1.96. The van der Waals surface area contributed by atoms with Gasteiger partial charge in [-0.1, -0.05) is 41.4 Å². The van der Waals surface area contributed by atoms with Crippen molar-refractivity contribution in [2.75, 3.05) is 13.6 Å². The zero-order valence-electron chi connectivity index (χ0n) is 15.0. The fourth-order valence-electron chi connectivity index (χ4n) is 3.87. The summed E-state index contributed by atoms with van der Waals surface area (Å²) in [7, 11) is 3.65. The summed E-state index contributed by atoms with van der Waals surface area (Å²) in [5.41, 5.74) is 3.39. The molecule has 0 amide bonds. The Kier molecular flexibility index (Phi) is 4.54. The summed E-state index contributed by atoms with van der Waals surface area (Å²) in [5.74, 6) is -0.124. The van der Waals surface area contributed by atoms with Gasteiger partial charge in [-0.3, -0.25) is 4.57 Å². The van der Waals surface area contributed by atoms with Crippen LogP contribution in [0.15, 0.2) is 47.4 Å². The predicted octanol–water partition coefficient (Wildman–Crippen LogP) is 3.77. The lowest BCUT2D eigenvalue weighted by molar-refractivity contribution is 0.295. The lowest BCUT2D eigenvalue weighted by Gasteiger charge is -2.34. The lowest BCUT2D eigenvalue weighted by atomic mass is 9.84. The SMILES string of the molecule is CN1Cc2c(Cl)cc(Cl)cc2[C@H](c2ccccc2-n2c(O)cn(C)c2=O)C1. The standard InChI is InChI=1S/C20H19Cl2N3O2/c1-23-9-15(14-7-12(21)8-17(22)16(14)10-23)13-5-3-4-6-18(13)25-19(26)11-24(2)20(25)27/h3-8,11,15,26H,9-10H2,1-2H3/t15-/m0/s1. The third-order valence-corrected chi connectivity index (χ3v) is 5.63. The molecule has 1 aliphatic heterocycles. The number of halogens is 2. The fourth-order valence-corrected chi connectivity index (χ4v) is 4.43. The minimum atomic E-state index is -0.298. The van der Waals surface area contributed by atoms with Gasteiger partial charge in [-0.05, 0) is 41.9 Å². The Morgan fingerprint density at radius 1 is 1.11 bits per heavy atom. The van der Waals surface area contributed by atoms with Gasteiger partial charge in [-0.2, -0.15) is 0 Å². The lowest BCUT2D eigenvalue weighted by Crippen LogP contribution is -2.32. The molecule has 140 valence electrons. The molecule has 1 atom stereocenters. The van der Waals surface area contributed by atoms with E-state index >= 15 is 0 Å². The van der Waals surface area contributed by atoms with E-state index in [9.17, 15) is 9.90 Å². The van der Waals surface area contributed by atoms with Crippen molar-refractivity contribution in [3.8, 4) is 11.6 Å². The molecule has 0 spiro atoms. The van der Waals surface area contributed by atoms with Gasteiger partial charge >= 0.3 is 5.69 Å². The smallest absolute Gasteiger partial charge is 0.335 e. The van der Waals surface area contributed by atoms with Crippen LogP contribution >= 0.6 is 23.2 Å². The number of aromatic nitrogens is 2. The Morgan fingerprint density at radius 2 is 1.85 bits per heavy atom. The van der Waals surface area contributed by atoms with Crippen LogP contribution in [0, 0.1) is 0 Å². The molecule has 1 aromatic heterocycles. The van der Waals surface area contributed by atoms with Gasteiger partial charge in [0.2, 0.25) is 5.88 Å². The molecule has 27 heavy (non-hydrogen) atoms. The zero-order chi connectivity index (χ0) is 19.3. The second-order valence-corrected chi connectivity index (χ2v) is 7.82. The maximum atomic E-state index is 12.6. The summed E-state index contributed by atoms with van der Waals surface area (Å²) >= 11 is 12.8. The summed E-state index contributed by atoms with van der Waals surface area (Å²) < 4.78 is 2.69. The maximum Gasteiger partial charge on any atom is 0.335 e. The van der Waals surface area contributed by atoms with Gasteiger partial charge in [0.1, 0.15) is 0 Å². The van der Waals surface area contributed by atoms with Gasteiger partial charge in [0.05, 0.1) is 11.9 Å². The molecule has 4 rings (SSSR count). The molecular formula is C20H19Cl2N3O2. The van der Waals surface area contributed by atoms with Crippen LogP contribution in [-0.2, 0) is 13.6 Å². The molecule has 1 aliphatic rings. The molecule has 0 bridgehead atoms. The van der Waals surface area contributed by atoms with E-state index in [2.05, 4.69) is 4.90 Å². The van der Waals surface area contributed by atoms with E-state index < -0.39 is 0 Å². The number of para-hydroxylation sites is 1. The van der Waals surface area contributed by atoms with Crippen molar-refractivity contribution in [1.29, 1.82) is 0 Å². The third kappa shape index (κ3) is 3.06. The summed E-state index contributed by atoms with van der Waals surface area (Å²) in [5, 5.41) is 11.5. The summed E-state index contributed by atoms with van der Waals surface area (Å²) in [6.45, 7) is 1.49. The predicted molar refractivity (Wildman–Crippen MR) is 107 cm³/mol. The van der Waals surface area contributed by atoms with Gasteiger partial charge < -0.3 is 10.0 Å². The molecule has 0 unspecified atom stereocenters. The van der Waals surface area contributed by atoms with Crippen LogP contribution in [0.2, 0.25) is 10.0 Å². The minimum absolute atomic E-state index is 0.0299. The van der Waals surface area contributed by atoms with Gasteiger partial charge in [-0.25, -0.2) is 9.36 Å². The van der Waals surface area contributed by atoms with Crippen molar-refractivity contribution in [3.05, 3.63) is 79.8 Å². The van der Waals surface area contributed by atoms with Gasteiger partial charge in [0.15, 0.2) is 0 Å². The molecular weight excluding hydrogens is 385 g/mol. The van der Waals surface area contributed by atoms with Gasteiger partial charge in [-0.15, -0.1) is 0 Å². The molecule has 0 radical (unpaired) electrons. The van der Waals surface area contributed by atoms with E-state index in [0.717, 1.165) is 29.8 Å². The Hall–Kier alpha value is -2.21. The normalized spacial score (nSPS) is 17.1. The molecule has 0 fully saturated rings. The molecule has 2 heterocycles. The van der Waals surface area contributed by atoms with Crippen LogP contribution in [-0.4, -0.2) is 32.7 Å². The van der Waals surface area contributed by atoms with Crippen molar-refractivity contribution in [1.82, 2.24) is 14.0 Å². The Labute approximate surface area is 167 Å². The highest BCUT2D eigenvalue weighted by atomic mass is 35.5. The average Bonchev–Trinajstić information content (AvgIpc) is 2.87. The first-order chi connectivity index (χ1) is 12.9. The largest absolute Gasteiger partial charge is 0.493 e. The van der Waals surface area contributed by atoms with Crippen LogP contribution in [0.4, 0.5) is 0 Å². The molecule has 3 aromatic rings. The van der Waals surface area contributed by atoms with E-state index in [4.69, 9.17) is 23.2 Å². The monoisotopic (exact) mass is 403 g/mol. The van der Waals surface area contributed by atoms with Crippen molar-refractivity contribution < 1.29 is 5.11 Å². The highest BCUT2D eigenvalue weighted by Crippen LogP contribution is 2.40. The minimum Gasteiger partial charge on any atom is -0.493 e. The number of fused-ring (bicyclic) bond motifs is 1. The average molecular weight is 404 g/mol. The van der Waals surface area contributed by atoms with E-state index in [-0.39, 0.29) is 17.5 Å². The number of hydrogen-bond donors (Lipinski definition) is 1. The quantitative estimate of drug-likeness (QED) is 0.708. The molecule has 0 saturated carbocycles. The zero-order valence-corrected chi connectivity index (χ0v) is 16.5. The number of rotatable bonds is 2. The van der Waals surface area contributed by atoms with Crippen LogP contribution < -0.4 is 5.69 Å². The van der Waals surface area contributed by atoms with Gasteiger partial charge in [0, 0.05) is 36.1 Å². The van der Waals surface area contributed by atoms with Crippen LogP contribution in [0.25, 0.3) is 5.69 Å². The maximum absolute atomic E-state index is 12.6. The molecule has 2 aromatic carbocycles. The first-order valence-electron chi connectivity index (χ1n) is 8.60. The van der Waals surface area contributed by atoms with Crippen molar-refractivity contribution in [3.63, 3.8) is 0 Å². The van der Waals surface area contributed by atoms with E-state index in [1.165, 1.54) is 15.3 Å². The van der Waals surface area contributed by atoms with Crippen molar-refractivity contribution in [2.45, 2.75) is 12.5 Å². The van der Waals surface area contributed by atoms with Gasteiger partial charge in [0.25, 0.3) is 0 Å². The fraction of sp³-hybridized carbons (Fsp3) is 0.250. The number of imidazole rings is 1. The summed E-state index contributed by atoms with van der Waals surface area (Å²) in [4.78, 5) is 14.7. The highest BCUT2D eigenvalue weighted by molar-refractivity contribution is 6.35. The number of benzene rings is 2.